The summed E-state index contributed by atoms with van der Waals surface area (Å²) in [6.07, 6.45) is 0. The molecule has 0 amide bonds. The summed E-state index contributed by atoms with van der Waals surface area (Å²) in [6, 6.07) is 5.41. The predicted octanol–water partition coefficient (Wildman–Crippen LogP) is 2.89. The Morgan fingerprint density at radius 1 is 1.27 bits per heavy atom. The van der Waals surface area contributed by atoms with Crippen molar-refractivity contribution in [2.24, 2.45) is 0 Å². The van der Waals surface area contributed by atoms with Crippen molar-refractivity contribution in [2.45, 2.75) is 33.1 Å². The van der Waals surface area contributed by atoms with E-state index in [2.05, 4.69) is 15.1 Å². The Labute approximate surface area is 126 Å². The van der Waals surface area contributed by atoms with Gasteiger partial charge in [-0.1, -0.05) is 37.6 Å². The van der Waals surface area contributed by atoms with Gasteiger partial charge in [-0.2, -0.15) is 4.98 Å². The molecule has 2 N–H and O–H groups in total. The van der Waals surface area contributed by atoms with Crippen LogP contribution in [-0.2, 0) is 5.41 Å². The molecule has 6 nitrogen and oxygen atoms in total. The van der Waals surface area contributed by atoms with Crippen LogP contribution in [0.1, 0.15) is 32.2 Å². The number of aromatic nitrogens is 3. The monoisotopic (exact) mass is 299 g/mol. The number of hydrogen-bond acceptors (Lipinski definition) is 5. The van der Waals surface area contributed by atoms with Gasteiger partial charge in [0.05, 0.1) is 5.52 Å². The van der Waals surface area contributed by atoms with E-state index in [0.29, 0.717) is 16.7 Å². The smallest absolute Gasteiger partial charge is 0.267 e. The number of aromatic amines is 1. The van der Waals surface area contributed by atoms with E-state index in [-0.39, 0.29) is 22.6 Å². The fourth-order valence-corrected chi connectivity index (χ4v) is 2.22. The summed E-state index contributed by atoms with van der Waals surface area (Å²) < 4.78 is 5.18. The zero-order chi connectivity index (χ0) is 16.1. The molecule has 0 saturated heterocycles. The second-order valence-electron chi connectivity index (χ2n) is 6.40. The fourth-order valence-electron chi connectivity index (χ4n) is 2.22. The van der Waals surface area contributed by atoms with Gasteiger partial charge in [0, 0.05) is 10.8 Å². The average Bonchev–Trinajstić information content (AvgIpc) is 2.89. The number of H-pyrrole nitrogens is 1. The minimum absolute atomic E-state index is 0.00102. The minimum atomic E-state index is -0.460. The Balaban J connectivity index is 2.27. The lowest BCUT2D eigenvalue weighted by Gasteiger charge is -2.10. The molecule has 0 bridgehead atoms. The SMILES string of the molecule is Cc1ccc2[nH]c(=O)c(-c3nc(C(C)(C)C)no3)c(O)c2c1. The molecule has 2 aromatic heterocycles. The van der Waals surface area contributed by atoms with E-state index in [4.69, 9.17) is 4.52 Å². The zero-order valence-electron chi connectivity index (χ0n) is 12.9. The van der Waals surface area contributed by atoms with E-state index in [1.54, 1.807) is 12.1 Å². The molecular formula is C16H17N3O3. The highest BCUT2D eigenvalue weighted by Crippen LogP contribution is 2.32. The number of hydrogen-bond donors (Lipinski definition) is 2. The van der Waals surface area contributed by atoms with Crippen LogP contribution in [0.5, 0.6) is 5.75 Å². The van der Waals surface area contributed by atoms with Crippen molar-refractivity contribution in [3.63, 3.8) is 0 Å². The molecule has 3 aromatic rings. The molecule has 114 valence electrons. The largest absolute Gasteiger partial charge is 0.506 e. The van der Waals surface area contributed by atoms with Gasteiger partial charge in [-0.25, -0.2) is 0 Å². The molecule has 0 unspecified atom stereocenters. The standard InChI is InChI=1S/C16H17N3O3/c1-8-5-6-10-9(7-8)12(20)11(13(21)17-10)14-18-15(19-22-14)16(2,3)4/h5-7H,1-4H3,(H2,17,20,21). The quantitative estimate of drug-likeness (QED) is 0.720. The van der Waals surface area contributed by atoms with E-state index >= 15 is 0 Å². The van der Waals surface area contributed by atoms with Crippen LogP contribution in [0, 0.1) is 6.92 Å². The summed E-state index contributed by atoms with van der Waals surface area (Å²) in [5.74, 6) is 0.351. The highest BCUT2D eigenvalue weighted by atomic mass is 16.5. The molecule has 0 fully saturated rings. The molecule has 6 heteroatoms. The first-order valence-corrected chi connectivity index (χ1v) is 6.97. The summed E-state index contributed by atoms with van der Waals surface area (Å²) in [5, 5.41) is 14.9. The maximum Gasteiger partial charge on any atom is 0.267 e. The molecule has 3 rings (SSSR count). The van der Waals surface area contributed by atoms with E-state index in [1.165, 1.54) is 0 Å². The van der Waals surface area contributed by atoms with Crippen molar-refractivity contribution in [1.29, 1.82) is 0 Å². The number of rotatable bonds is 1. The van der Waals surface area contributed by atoms with Crippen molar-refractivity contribution in [1.82, 2.24) is 15.1 Å². The average molecular weight is 299 g/mol. The first kappa shape index (κ1) is 14.3. The summed E-state index contributed by atoms with van der Waals surface area (Å²) in [7, 11) is 0. The summed E-state index contributed by atoms with van der Waals surface area (Å²) in [6.45, 7) is 7.73. The van der Waals surface area contributed by atoms with E-state index in [0.717, 1.165) is 5.56 Å². The van der Waals surface area contributed by atoms with Crippen LogP contribution in [0.3, 0.4) is 0 Å². The lowest BCUT2D eigenvalue weighted by Crippen LogP contribution is -2.14. The first-order valence-electron chi connectivity index (χ1n) is 6.97. The van der Waals surface area contributed by atoms with Gasteiger partial charge in [0.15, 0.2) is 5.82 Å². The number of aromatic hydroxyl groups is 1. The van der Waals surface area contributed by atoms with Crippen LogP contribution in [0.15, 0.2) is 27.5 Å². The maximum absolute atomic E-state index is 12.3. The number of pyridine rings is 1. The molecular weight excluding hydrogens is 282 g/mol. The van der Waals surface area contributed by atoms with Gasteiger partial charge in [0.2, 0.25) is 0 Å². The third kappa shape index (κ3) is 2.26. The third-order valence-corrected chi connectivity index (χ3v) is 3.45. The summed E-state index contributed by atoms with van der Waals surface area (Å²) >= 11 is 0. The van der Waals surface area contributed by atoms with Crippen LogP contribution in [0.2, 0.25) is 0 Å². The number of benzene rings is 1. The van der Waals surface area contributed by atoms with Gasteiger partial charge in [-0.15, -0.1) is 0 Å². The maximum atomic E-state index is 12.3. The fraction of sp³-hybridized carbons (Fsp3) is 0.312. The zero-order valence-corrected chi connectivity index (χ0v) is 12.9. The van der Waals surface area contributed by atoms with E-state index < -0.39 is 5.56 Å². The molecule has 0 spiro atoms. The van der Waals surface area contributed by atoms with Crippen molar-refractivity contribution in [2.75, 3.05) is 0 Å². The van der Waals surface area contributed by atoms with Crippen molar-refractivity contribution >= 4 is 10.9 Å². The van der Waals surface area contributed by atoms with Crippen LogP contribution in [-0.4, -0.2) is 20.2 Å². The topological polar surface area (TPSA) is 92.0 Å². The normalized spacial score (nSPS) is 12.0. The number of nitrogens with zero attached hydrogens (tertiary/aromatic N) is 2. The molecule has 0 atom stereocenters. The molecule has 0 aliphatic heterocycles. The van der Waals surface area contributed by atoms with Crippen molar-refractivity contribution in [3.8, 4) is 17.2 Å². The van der Waals surface area contributed by atoms with Gasteiger partial charge >= 0.3 is 0 Å². The van der Waals surface area contributed by atoms with Crippen LogP contribution >= 0.6 is 0 Å². The Hall–Kier alpha value is -2.63. The molecule has 0 aliphatic carbocycles. The second-order valence-corrected chi connectivity index (χ2v) is 6.40. The Morgan fingerprint density at radius 2 is 2.00 bits per heavy atom. The Morgan fingerprint density at radius 3 is 2.64 bits per heavy atom. The van der Waals surface area contributed by atoms with Crippen LogP contribution in [0.25, 0.3) is 22.4 Å². The lowest BCUT2D eigenvalue weighted by molar-refractivity contribution is 0.399. The van der Waals surface area contributed by atoms with Gasteiger partial charge in [0.25, 0.3) is 11.4 Å². The third-order valence-electron chi connectivity index (χ3n) is 3.45. The molecule has 0 saturated carbocycles. The number of fused-ring (bicyclic) bond motifs is 1. The van der Waals surface area contributed by atoms with Crippen molar-refractivity contribution < 1.29 is 9.63 Å². The van der Waals surface area contributed by atoms with Gasteiger partial charge in [-0.05, 0) is 19.1 Å². The van der Waals surface area contributed by atoms with Crippen LogP contribution < -0.4 is 5.56 Å². The Kier molecular flexibility index (Phi) is 3.05. The minimum Gasteiger partial charge on any atom is -0.506 e. The molecule has 0 aliphatic rings. The lowest BCUT2D eigenvalue weighted by atomic mass is 9.96. The van der Waals surface area contributed by atoms with Gasteiger partial charge < -0.3 is 14.6 Å². The second kappa shape index (κ2) is 4.69. The van der Waals surface area contributed by atoms with Gasteiger partial charge in [-0.3, -0.25) is 4.79 Å². The summed E-state index contributed by atoms with van der Waals surface area (Å²) in [4.78, 5) is 19.2. The molecule has 1 aromatic carbocycles. The van der Waals surface area contributed by atoms with Crippen LogP contribution in [0.4, 0.5) is 0 Å². The molecule has 22 heavy (non-hydrogen) atoms. The van der Waals surface area contributed by atoms with E-state index in [1.807, 2.05) is 33.8 Å². The Bertz CT molecular complexity index is 917. The first-order chi connectivity index (χ1) is 10.3. The molecule has 0 radical (unpaired) electrons. The highest BCUT2D eigenvalue weighted by molar-refractivity contribution is 5.90. The van der Waals surface area contributed by atoms with E-state index in [9.17, 15) is 9.90 Å². The summed E-state index contributed by atoms with van der Waals surface area (Å²) in [5.41, 5.74) is 0.769. The molecule has 2 heterocycles. The number of aryl methyl sites for hydroxylation is 1. The van der Waals surface area contributed by atoms with Crippen molar-refractivity contribution in [3.05, 3.63) is 39.9 Å². The highest BCUT2D eigenvalue weighted by Gasteiger charge is 2.25. The van der Waals surface area contributed by atoms with Gasteiger partial charge in [0.1, 0.15) is 11.3 Å². The predicted molar refractivity (Wildman–Crippen MR) is 83.0 cm³/mol. The number of nitrogens with one attached hydrogen (secondary N) is 1.